The van der Waals surface area contributed by atoms with Crippen molar-refractivity contribution in [1.82, 2.24) is 0 Å². The molecule has 0 spiro atoms. The maximum absolute atomic E-state index is 12.8. The number of carbonyl (C=O) groups excluding carboxylic acids is 2. The highest BCUT2D eigenvalue weighted by Gasteiger charge is 2.16. The topological polar surface area (TPSA) is 67.4 Å². The minimum atomic E-state index is -0.503. The predicted molar refractivity (Wildman–Crippen MR) is 102 cm³/mol. The lowest BCUT2D eigenvalue weighted by Crippen LogP contribution is -2.16. The molecule has 0 aliphatic carbocycles. The second-order valence-corrected chi connectivity index (χ2v) is 5.53. The second-order valence-electron chi connectivity index (χ2n) is 5.53. The Labute approximate surface area is 151 Å². The molecule has 0 atom stereocenters. The van der Waals surface area contributed by atoms with E-state index in [0.29, 0.717) is 22.5 Å². The third-order valence-electron chi connectivity index (χ3n) is 3.81. The number of hydrogen-bond donors (Lipinski definition) is 2. The van der Waals surface area contributed by atoms with Crippen LogP contribution in [0.25, 0.3) is 0 Å². The summed E-state index contributed by atoms with van der Waals surface area (Å²) in [6.07, 6.45) is 0. The van der Waals surface area contributed by atoms with Crippen molar-refractivity contribution in [1.29, 1.82) is 0 Å². The number of amides is 1. The van der Waals surface area contributed by atoms with Crippen LogP contribution >= 0.6 is 0 Å². The van der Waals surface area contributed by atoms with E-state index < -0.39 is 5.97 Å². The number of anilines is 3. The number of rotatable bonds is 5. The molecule has 0 aliphatic heterocycles. The number of benzene rings is 3. The van der Waals surface area contributed by atoms with Gasteiger partial charge < -0.3 is 15.4 Å². The summed E-state index contributed by atoms with van der Waals surface area (Å²) in [6, 6.07) is 23.5. The first-order chi connectivity index (χ1) is 12.7. The lowest BCUT2D eigenvalue weighted by molar-refractivity contribution is 0.0602. The first-order valence-corrected chi connectivity index (χ1v) is 8.09. The zero-order valence-electron chi connectivity index (χ0n) is 14.2. The lowest BCUT2D eigenvalue weighted by Gasteiger charge is -2.13. The molecule has 0 heterocycles. The van der Waals surface area contributed by atoms with Crippen molar-refractivity contribution in [3.05, 3.63) is 90.0 Å². The monoisotopic (exact) mass is 346 g/mol. The third kappa shape index (κ3) is 3.89. The summed E-state index contributed by atoms with van der Waals surface area (Å²) in [4.78, 5) is 24.7. The molecule has 3 aromatic carbocycles. The largest absolute Gasteiger partial charge is 0.465 e. The predicted octanol–water partition coefficient (Wildman–Crippen LogP) is 4.47. The molecule has 0 unspecified atom stereocenters. The van der Waals surface area contributed by atoms with Crippen LogP contribution in [0.3, 0.4) is 0 Å². The molecule has 0 radical (unpaired) electrons. The van der Waals surface area contributed by atoms with Crippen LogP contribution in [0.1, 0.15) is 20.7 Å². The third-order valence-corrected chi connectivity index (χ3v) is 3.81. The Balaban J connectivity index is 1.87. The van der Waals surface area contributed by atoms with E-state index in [9.17, 15) is 9.59 Å². The van der Waals surface area contributed by atoms with Crippen LogP contribution in [-0.4, -0.2) is 19.0 Å². The molecule has 0 fully saturated rings. The molecule has 3 aromatic rings. The maximum atomic E-state index is 12.8. The van der Waals surface area contributed by atoms with Crippen LogP contribution in [0.5, 0.6) is 0 Å². The van der Waals surface area contributed by atoms with E-state index in [2.05, 4.69) is 10.6 Å². The minimum Gasteiger partial charge on any atom is -0.465 e. The Bertz CT molecular complexity index is 923. The first-order valence-electron chi connectivity index (χ1n) is 8.09. The lowest BCUT2D eigenvalue weighted by atomic mass is 10.1. The van der Waals surface area contributed by atoms with Gasteiger partial charge in [-0.05, 0) is 36.4 Å². The minimum absolute atomic E-state index is 0.303. The fourth-order valence-electron chi connectivity index (χ4n) is 2.54. The Morgan fingerprint density at radius 1 is 0.731 bits per heavy atom. The molecular formula is C21H18N2O3. The fraction of sp³-hybridized carbons (Fsp3) is 0.0476. The number of carbonyl (C=O) groups is 2. The quantitative estimate of drug-likeness (QED) is 0.669. The van der Waals surface area contributed by atoms with Gasteiger partial charge in [-0.3, -0.25) is 4.79 Å². The van der Waals surface area contributed by atoms with Crippen LogP contribution < -0.4 is 10.6 Å². The summed E-state index contributed by atoms with van der Waals surface area (Å²) in [5.41, 5.74) is 2.72. The number of ether oxygens (including phenoxy) is 1. The SMILES string of the molecule is COC(=O)c1ccccc1NC(=O)c1ccccc1Nc1ccccc1. The van der Waals surface area contributed by atoms with Crippen molar-refractivity contribution in [2.45, 2.75) is 0 Å². The van der Waals surface area contributed by atoms with Crippen molar-refractivity contribution in [3.8, 4) is 0 Å². The van der Waals surface area contributed by atoms with Gasteiger partial charge in [0.05, 0.1) is 29.6 Å². The normalized spacial score (nSPS) is 10.0. The van der Waals surface area contributed by atoms with Crippen molar-refractivity contribution in [3.63, 3.8) is 0 Å². The van der Waals surface area contributed by atoms with Crippen molar-refractivity contribution < 1.29 is 14.3 Å². The molecule has 0 saturated heterocycles. The molecule has 5 nitrogen and oxygen atoms in total. The van der Waals surface area contributed by atoms with Gasteiger partial charge in [-0.25, -0.2) is 4.79 Å². The molecule has 5 heteroatoms. The zero-order chi connectivity index (χ0) is 18.4. The smallest absolute Gasteiger partial charge is 0.339 e. The highest BCUT2D eigenvalue weighted by molar-refractivity contribution is 6.11. The summed E-state index contributed by atoms with van der Waals surface area (Å²) in [5, 5.41) is 6.02. The number of methoxy groups -OCH3 is 1. The molecule has 1 amide bonds. The Morgan fingerprint density at radius 2 is 1.31 bits per heavy atom. The van der Waals surface area contributed by atoms with E-state index in [0.717, 1.165) is 5.69 Å². The van der Waals surface area contributed by atoms with Crippen LogP contribution in [0.2, 0.25) is 0 Å². The molecule has 0 bridgehead atoms. The summed E-state index contributed by atoms with van der Waals surface area (Å²) in [5.74, 6) is -0.822. The summed E-state index contributed by atoms with van der Waals surface area (Å²) in [6.45, 7) is 0. The Morgan fingerprint density at radius 3 is 2.00 bits per heavy atom. The Hall–Kier alpha value is -3.60. The average Bonchev–Trinajstić information content (AvgIpc) is 2.69. The van der Waals surface area contributed by atoms with Gasteiger partial charge in [0.2, 0.25) is 0 Å². The zero-order valence-corrected chi connectivity index (χ0v) is 14.2. The van der Waals surface area contributed by atoms with Gasteiger partial charge in [0.1, 0.15) is 0 Å². The highest BCUT2D eigenvalue weighted by Crippen LogP contribution is 2.23. The standard InChI is InChI=1S/C21H18N2O3/c1-26-21(25)17-12-6-8-14-19(17)23-20(24)16-11-5-7-13-18(16)22-15-9-3-2-4-10-15/h2-14,22H,1H3,(H,23,24). The molecule has 2 N–H and O–H groups in total. The van der Waals surface area contributed by atoms with Gasteiger partial charge in [-0.2, -0.15) is 0 Å². The average molecular weight is 346 g/mol. The number of hydrogen-bond acceptors (Lipinski definition) is 4. The molecule has 26 heavy (non-hydrogen) atoms. The van der Waals surface area contributed by atoms with Crippen LogP contribution in [0.4, 0.5) is 17.1 Å². The molecule has 0 aromatic heterocycles. The molecule has 3 rings (SSSR count). The van der Waals surface area contributed by atoms with E-state index in [1.54, 1.807) is 36.4 Å². The van der Waals surface area contributed by atoms with Gasteiger partial charge in [-0.15, -0.1) is 0 Å². The Kier molecular flexibility index (Phi) is 5.29. The van der Waals surface area contributed by atoms with Crippen molar-refractivity contribution in [2.24, 2.45) is 0 Å². The van der Waals surface area contributed by atoms with Crippen molar-refractivity contribution in [2.75, 3.05) is 17.7 Å². The number of nitrogens with one attached hydrogen (secondary N) is 2. The van der Waals surface area contributed by atoms with Gasteiger partial charge >= 0.3 is 5.97 Å². The van der Waals surface area contributed by atoms with Gasteiger partial charge in [0, 0.05) is 5.69 Å². The highest BCUT2D eigenvalue weighted by atomic mass is 16.5. The van der Waals surface area contributed by atoms with Crippen molar-refractivity contribution >= 4 is 28.9 Å². The van der Waals surface area contributed by atoms with E-state index in [1.807, 2.05) is 42.5 Å². The number of esters is 1. The van der Waals surface area contributed by atoms with Crippen LogP contribution in [0.15, 0.2) is 78.9 Å². The maximum Gasteiger partial charge on any atom is 0.339 e. The van der Waals surface area contributed by atoms with Crippen LogP contribution in [0, 0.1) is 0 Å². The second kappa shape index (κ2) is 7.98. The van der Waals surface area contributed by atoms with E-state index in [-0.39, 0.29) is 5.91 Å². The summed E-state index contributed by atoms with van der Waals surface area (Å²) in [7, 11) is 1.31. The molecular weight excluding hydrogens is 328 g/mol. The summed E-state index contributed by atoms with van der Waals surface area (Å²) < 4.78 is 4.76. The molecule has 0 aliphatic rings. The number of para-hydroxylation sites is 3. The summed E-state index contributed by atoms with van der Waals surface area (Å²) >= 11 is 0. The van der Waals surface area contributed by atoms with Gasteiger partial charge in [-0.1, -0.05) is 42.5 Å². The van der Waals surface area contributed by atoms with Crippen LogP contribution in [-0.2, 0) is 4.74 Å². The van der Waals surface area contributed by atoms with Gasteiger partial charge in [0.15, 0.2) is 0 Å². The van der Waals surface area contributed by atoms with Gasteiger partial charge in [0.25, 0.3) is 5.91 Å². The molecule has 130 valence electrons. The van der Waals surface area contributed by atoms with E-state index in [1.165, 1.54) is 7.11 Å². The van der Waals surface area contributed by atoms with E-state index in [4.69, 9.17) is 4.74 Å². The first kappa shape index (κ1) is 17.2. The fourth-order valence-corrected chi connectivity index (χ4v) is 2.54. The van der Waals surface area contributed by atoms with E-state index >= 15 is 0 Å². The molecule has 0 saturated carbocycles.